The van der Waals surface area contributed by atoms with Gasteiger partial charge in [0.05, 0.1) is 24.8 Å². The fraction of sp³-hybridized carbons (Fsp3) is 0.455. The molecule has 28 heavy (non-hydrogen) atoms. The van der Waals surface area contributed by atoms with Gasteiger partial charge in [-0.2, -0.15) is 0 Å². The Balaban J connectivity index is 1.46. The van der Waals surface area contributed by atoms with E-state index in [1.54, 1.807) is 11.3 Å². The van der Waals surface area contributed by atoms with E-state index in [2.05, 4.69) is 5.32 Å². The lowest BCUT2D eigenvalue weighted by molar-refractivity contribution is -0.118. The zero-order valence-electron chi connectivity index (χ0n) is 16.2. The lowest BCUT2D eigenvalue weighted by atomic mass is 9.95. The first-order valence-corrected chi connectivity index (χ1v) is 10.8. The second kappa shape index (κ2) is 8.45. The van der Waals surface area contributed by atoms with Gasteiger partial charge in [-0.3, -0.25) is 9.59 Å². The summed E-state index contributed by atoms with van der Waals surface area (Å²) >= 11 is 1.70. The van der Waals surface area contributed by atoms with E-state index < -0.39 is 0 Å². The van der Waals surface area contributed by atoms with Crippen LogP contribution in [0.4, 0.5) is 5.69 Å². The Bertz CT molecular complexity index is 876. The maximum Gasteiger partial charge on any atom is 0.255 e. The van der Waals surface area contributed by atoms with Gasteiger partial charge in [-0.15, -0.1) is 11.3 Å². The van der Waals surface area contributed by atoms with Crippen molar-refractivity contribution in [3.8, 4) is 0 Å². The second-order valence-electron chi connectivity index (χ2n) is 7.61. The molecule has 1 N–H and O–H groups in total. The molecular formula is C22H26N2O3S. The van der Waals surface area contributed by atoms with Crippen LogP contribution >= 0.6 is 11.3 Å². The topological polar surface area (TPSA) is 58.6 Å². The van der Waals surface area contributed by atoms with Crippen LogP contribution in [-0.2, 0) is 22.4 Å². The van der Waals surface area contributed by atoms with Crippen LogP contribution in [0.15, 0.2) is 29.6 Å². The second-order valence-corrected chi connectivity index (χ2v) is 8.57. The highest BCUT2D eigenvalue weighted by Gasteiger charge is 2.32. The predicted molar refractivity (Wildman–Crippen MR) is 111 cm³/mol. The fourth-order valence-corrected chi connectivity index (χ4v) is 5.19. The number of thiophene rings is 1. The molecule has 2 amide bonds. The van der Waals surface area contributed by atoms with Crippen molar-refractivity contribution in [1.29, 1.82) is 0 Å². The molecule has 5 nitrogen and oxygen atoms in total. The summed E-state index contributed by atoms with van der Waals surface area (Å²) < 4.78 is 5.59. The number of carbonyl (C=O) groups excluding carboxylic acids is 2. The van der Waals surface area contributed by atoms with E-state index in [0.29, 0.717) is 19.8 Å². The minimum absolute atomic E-state index is 0.0519. The Morgan fingerprint density at radius 1 is 1.29 bits per heavy atom. The maximum absolute atomic E-state index is 13.3. The van der Waals surface area contributed by atoms with Gasteiger partial charge in [-0.1, -0.05) is 12.1 Å². The summed E-state index contributed by atoms with van der Waals surface area (Å²) in [5.74, 6) is -0.0395. The number of nitrogens with one attached hydrogen (secondary N) is 1. The number of amides is 2. The van der Waals surface area contributed by atoms with Gasteiger partial charge < -0.3 is 15.0 Å². The highest BCUT2D eigenvalue weighted by molar-refractivity contribution is 7.10. The van der Waals surface area contributed by atoms with Gasteiger partial charge in [0.25, 0.3) is 5.91 Å². The van der Waals surface area contributed by atoms with E-state index in [-0.39, 0.29) is 24.3 Å². The van der Waals surface area contributed by atoms with E-state index in [1.165, 1.54) is 16.9 Å². The molecule has 6 heteroatoms. The number of ether oxygens (including phenoxy) is 1. The maximum atomic E-state index is 13.3. The first-order valence-electron chi connectivity index (χ1n) is 9.96. The molecule has 1 aromatic carbocycles. The third-order valence-corrected chi connectivity index (χ3v) is 6.59. The number of hydrogen-bond acceptors (Lipinski definition) is 4. The van der Waals surface area contributed by atoms with E-state index in [4.69, 9.17) is 4.74 Å². The van der Waals surface area contributed by atoms with Crippen LogP contribution in [0.2, 0.25) is 0 Å². The van der Waals surface area contributed by atoms with Crippen LogP contribution in [0.25, 0.3) is 0 Å². The summed E-state index contributed by atoms with van der Waals surface area (Å²) in [5.41, 5.74) is 3.95. The molecule has 1 fully saturated rings. The SMILES string of the molecule is Cc1cccc(NC(=O)C[C@H]2COCCN2C(=O)c2csc3c2CCCC3)c1. The van der Waals surface area contributed by atoms with Crippen molar-refractivity contribution in [3.05, 3.63) is 51.2 Å². The normalized spacial score (nSPS) is 19.2. The Morgan fingerprint density at radius 3 is 3.00 bits per heavy atom. The number of nitrogens with zero attached hydrogens (tertiary/aromatic N) is 1. The van der Waals surface area contributed by atoms with Crippen LogP contribution in [0.5, 0.6) is 0 Å². The van der Waals surface area contributed by atoms with Crippen molar-refractivity contribution in [3.63, 3.8) is 0 Å². The van der Waals surface area contributed by atoms with Crippen molar-refractivity contribution in [2.75, 3.05) is 25.1 Å². The van der Waals surface area contributed by atoms with Gasteiger partial charge in [0.2, 0.25) is 5.91 Å². The molecule has 0 spiro atoms. The van der Waals surface area contributed by atoms with Crippen molar-refractivity contribution in [2.24, 2.45) is 0 Å². The number of rotatable bonds is 4. The molecule has 0 radical (unpaired) electrons. The molecule has 1 aromatic heterocycles. The quantitative estimate of drug-likeness (QED) is 0.852. The average molecular weight is 399 g/mol. The minimum Gasteiger partial charge on any atom is -0.377 e. The van der Waals surface area contributed by atoms with E-state index in [1.807, 2.05) is 41.5 Å². The molecule has 1 saturated heterocycles. The summed E-state index contributed by atoms with van der Waals surface area (Å²) in [6.45, 7) is 3.45. The Kier molecular flexibility index (Phi) is 5.78. The zero-order chi connectivity index (χ0) is 19.5. The highest BCUT2D eigenvalue weighted by atomic mass is 32.1. The third kappa shape index (κ3) is 4.13. The number of morpholine rings is 1. The highest BCUT2D eigenvalue weighted by Crippen LogP contribution is 2.31. The van der Waals surface area contributed by atoms with E-state index in [9.17, 15) is 9.59 Å². The standard InChI is InChI=1S/C22H26N2O3S/c1-15-5-4-6-16(11-15)23-21(25)12-17-13-27-10-9-24(17)22(26)19-14-28-20-8-3-2-7-18(19)20/h4-6,11,14,17H,2-3,7-10,12-13H2,1H3,(H,23,25)/t17-/m0/s1. The Labute approximate surface area is 169 Å². The van der Waals surface area contributed by atoms with Crippen LogP contribution in [-0.4, -0.2) is 42.5 Å². The first-order chi connectivity index (χ1) is 13.6. The van der Waals surface area contributed by atoms with E-state index >= 15 is 0 Å². The predicted octanol–water partition coefficient (Wildman–Crippen LogP) is 3.81. The Hall–Kier alpha value is -2.18. The van der Waals surface area contributed by atoms with Crippen LogP contribution in [0.3, 0.4) is 0 Å². The number of aryl methyl sites for hydroxylation is 2. The van der Waals surface area contributed by atoms with Crippen LogP contribution < -0.4 is 5.32 Å². The van der Waals surface area contributed by atoms with Crippen molar-refractivity contribution < 1.29 is 14.3 Å². The summed E-state index contributed by atoms with van der Waals surface area (Å²) in [7, 11) is 0. The number of anilines is 1. The molecule has 2 heterocycles. The lowest BCUT2D eigenvalue weighted by Crippen LogP contribution is -2.50. The summed E-state index contributed by atoms with van der Waals surface area (Å²) in [4.78, 5) is 29.1. The number of carbonyl (C=O) groups is 2. The molecule has 0 unspecified atom stereocenters. The van der Waals surface area contributed by atoms with Gasteiger partial charge in [-0.05, 0) is 55.9 Å². The van der Waals surface area contributed by atoms with Crippen molar-refractivity contribution in [2.45, 2.75) is 45.1 Å². The van der Waals surface area contributed by atoms with Gasteiger partial charge in [-0.25, -0.2) is 0 Å². The largest absolute Gasteiger partial charge is 0.377 e. The first kappa shape index (κ1) is 19.2. The van der Waals surface area contributed by atoms with Crippen LogP contribution in [0, 0.1) is 6.92 Å². The van der Waals surface area contributed by atoms with Gasteiger partial charge >= 0.3 is 0 Å². The smallest absolute Gasteiger partial charge is 0.255 e. The Morgan fingerprint density at radius 2 is 2.14 bits per heavy atom. The summed E-state index contributed by atoms with van der Waals surface area (Å²) in [6.07, 6.45) is 4.67. The summed E-state index contributed by atoms with van der Waals surface area (Å²) in [5, 5.41) is 4.96. The molecule has 0 bridgehead atoms. The van der Waals surface area contributed by atoms with Gasteiger partial charge in [0.1, 0.15) is 0 Å². The van der Waals surface area contributed by atoms with Crippen molar-refractivity contribution >= 4 is 28.8 Å². The molecule has 1 atom stereocenters. The molecule has 1 aliphatic heterocycles. The van der Waals surface area contributed by atoms with Crippen molar-refractivity contribution in [1.82, 2.24) is 4.90 Å². The molecule has 0 saturated carbocycles. The molecule has 148 valence electrons. The molecule has 1 aliphatic carbocycles. The van der Waals surface area contributed by atoms with Gasteiger partial charge in [0, 0.05) is 28.9 Å². The zero-order valence-corrected chi connectivity index (χ0v) is 17.0. The molecule has 2 aliphatic rings. The number of fused-ring (bicyclic) bond motifs is 1. The minimum atomic E-state index is -0.231. The van der Waals surface area contributed by atoms with Crippen LogP contribution in [0.1, 0.15) is 45.6 Å². The van der Waals surface area contributed by atoms with Gasteiger partial charge in [0.15, 0.2) is 0 Å². The monoisotopic (exact) mass is 398 g/mol. The average Bonchev–Trinajstić information content (AvgIpc) is 3.12. The van der Waals surface area contributed by atoms with E-state index in [0.717, 1.165) is 36.1 Å². The lowest BCUT2D eigenvalue weighted by Gasteiger charge is -2.35. The molecule has 2 aromatic rings. The fourth-order valence-electron chi connectivity index (χ4n) is 4.07. The molecule has 4 rings (SSSR count). The number of hydrogen-bond donors (Lipinski definition) is 1. The number of benzene rings is 1. The summed E-state index contributed by atoms with van der Waals surface area (Å²) in [6, 6.07) is 7.50. The molecular weight excluding hydrogens is 372 g/mol. The third-order valence-electron chi connectivity index (χ3n) is 5.50.